The molecule has 0 radical (unpaired) electrons. The Morgan fingerprint density at radius 3 is 2.47 bits per heavy atom. The van der Waals surface area contributed by atoms with Gasteiger partial charge in [0.2, 0.25) is 0 Å². The normalized spacial score (nSPS) is 18.5. The van der Waals surface area contributed by atoms with Gasteiger partial charge in [-0.1, -0.05) is 50.6 Å². The summed E-state index contributed by atoms with van der Waals surface area (Å²) in [6, 6.07) is 11.6. The zero-order valence-electron chi connectivity index (χ0n) is 12.4. The van der Waals surface area contributed by atoms with Gasteiger partial charge in [-0.25, -0.2) is 0 Å². The van der Waals surface area contributed by atoms with E-state index in [1.807, 2.05) is 0 Å². The summed E-state index contributed by atoms with van der Waals surface area (Å²) in [5.74, 6) is 0. The molecule has 0 spiro atoms. The van der Waals surface area contributed by atoms with Gasteiger partial charge in [0.1, 0.15) is 0 Å². The van der Waals surface area contributed by atoms with Gasteiger partial charge >= 0.3 is 0 Å². The fourth-order valence-corrected chi connectivity index (χ4v) is 2.75. The minimum Gasteiger partial charge on any atom is -0.330 e. The van der Waals surface area contributed by atoms with Gasteiger partial charge in [0.15, 0.2) is 0 Å². The molecule has 1 unspecified atom stereocenters. The van der Waals surface area contributed by atoms with Crippen LogP contribution in [-0.2, 0) is 5.41 Å². The smallest absolute Gasteiger partial charge is 0.0174 e. The number of hydrogen-bond acceptors (Lipinski definition) is 2. The van der Waals surface area contributed by atoms with Crippen LogP contribution in [0.15, 0.2) is 30.3 Å². The lowest BCUT2D eigenvalue weighted by molar-refractivity contribution is 0.205. The summed E-state index contributed by atoms with van der Waals surface area (Å²) in [5.41, 5.74) is 7.57. The van der Waals surface area contributed by atoms with Crippen LogP contribution in [0, 0.1) is 0 Å². The summed E-state index contributed by atoms with van der Waals surface area (Å²) in [6.07, 6.45) is 5.32. The first-order valence-corrected chi connectivity index (χ1v) is 7.69. The molecular formula is C17H28N2. The number of nitrogens with two attached hydrogens (primary N) is 1. The SMILES string of the molecule is CCCCN(CC(C)(CN)c1ccccc1)C1CC1. The second-order valence-electron chi connectivity index (χ2n) is 6.19. The first kappa shape index (κ1) is 14.5. The van der Waals surface area contributed by atoms with E-state index in [2.05, 4.69) is 49.1 Å². The third kappa shape index (κ3) is 3.80. The molecule has 2 rings (SSSR count). The van der Waals surface area contributed by atoms with Gasteiger partial charge in [-0.2, -0.15) is 0 Å². The average molecular weight is 260 g/mol. The van der Waals surface area contributed by atoms with Crippen LogP contribution in [0.5, 0.6) is 0 Å². The van der Waals surface area contributed by atoms with Crippen LogP contribution in [0.1, 0.15) is 45.1 Å². The number of nitrogens with zero attached hydrogens (tertiary/aromatic N) is 1. The Bertz CT molecular complexity index is 372. The van der Waals surface area contributed by atoms with E-state index in [9.17, 15) is 0 Å². The molecule has 2 N–H and O–H groups in total. The van der Waals surface area contributed by atoms with E-state index < -0.39 is 0 Å². The van der Waals surface area contributed by atoms with Crippen molar-refractivity contribution in [3.8, 4) is 0 Å². The molecule has 0 aliphatic heterocycles. The quantitative estimate of drug-likeness (QED) is 0.778. The summed E-state index contributed by atoms with van der Waals surface area (Å²) < 4.78 is 0. The van der Waals surface area contributed by atoms with Gasteiger partial charge in [-0.05, 0) is 31.4 Å². The maximum Gasteiger partial charge on any atom is 0.0174 e. The van der Waals surface area contributed by atoms with Crippen molar-refractivity contribution in [3.63, 3.8) is 0 Å². The summed E-state index contributed by atoms with van der Waals surface area (Å²) in [6.45, 7) is 7.61. The second kappa shape index (κ2) is 6.53. The van der Waals surface area contributed by atoms with Crippen molar-refractivity contribution in [1.29, 1.82) is 0 Å². The highest BCUT2D eigenvalue weighted by Crippen LogP contribution is 2.32. The molecule has 1 saturated carbocycles. The third-order valence-electron chi connectivity index (χ3n) is 4.34. The average Bonchev–Trinajstić information content (AvgIpc) is 3.29. The molecule has 0 aromatic heterocycles. The Morgan fingerprint density at radius 1 is 1.26 bits per heavy atom. The highest BCUT2D eigenvalue weighted by atomic mass is 15.2. The lowest BCUT2D eigenvalue weighted by Gasteiger charge is -2.35. The van der Waals surface area contributed by atoms with E-state index in [0.717, 1.165) is 12.6 Å². The van der Waals surface area contributed by atoms with Crippen LogP contribution < -0.4 is 5.73 Å². The molecule has 2 heteroatoms. The van der Waals surface area contributed by atoms with Crippen LogP contribution in [-0.4, -0.2) is 30.6 Å². The lowest BCUT2D eigenvalue weighted by atomic mass is 9.82. The van der Waals surface area contributed by atoms with E-state index in [1.54, 1.807) is 0 Å². The molecule has 19 heavy (non-hydrogen) atoms. The first-order valence-electron chi connectivity index (χ1n) is 7.69. The molecule has 1 aliphatic rings. The zero-order valence-corrected chi connectivity index (χ0v) is 12.4. The van der Waals surface area contributed by atoms with Gasteiger partial charge < -0.3 is 5.73 Å². The van der Waals surface area contributed by atoms with E-state index >= 15 is 0 Å². The van der Waals surface area contributed by atoms with Crippen molar-refractivity contribution in [2.45, 2.75) is 51.0 Å². The van der Waals surface area contributed by atoms with Crippen molar-refractivity contribution in [3.05, 3.63) is 35.9 Å². The Morgan fingerprint density at radius 2 is 1.95 bits per heavy atom. The molecule has 0 saturated heterocycles. The van der Waals surface area contributed by atoms with Gasteiger partial charge in [-0.15, -0.1) is 0 Å². The number of benzene rings is 1. The van der Waals surface area contributed by atoms with Gasteiger partial charge in [0, 0.05) is 24.5 Å². The second-order valence-corrected chi connectivity index (χ2v) is 6.19. The van der Waals surface area contributed by atoms with Gasteiger partial charge in [-0.3, -0.25) is 4.90 Å². The highest BCUT2D eigenvalue weighted by molar-refractivity contribution is 5.25. The van der Waals surface area contributed by atoms with E-state index in [1.165, 1.54) is 37.8 Å². The van der Waals surface area contributed by atoms with Crippen molar-refractivity contribution in [1.82, 2.24) is 4.90 Å². The predicted molar refractivity (Wildman–Crippen MR) is 82.4 cm³/mol. The Labute approximate surface area is 118 Å². The topological polar surface area (TPSA) is 29.3 Å². The fraction of sp³-hybridized carbons (Fsp3) is 0.647. The summed E-state index contributed by atoms with van der Waals surface area (Å²) in [4.78, 5) is 2.67. The van der Waals surface area contributed by atoms with E-state index in [0.29, 0.717) is 6.54 Å². The summed E-state index contributed by atoms with van der Waals surface area (Å²) in [7, 11) is 0. The molecular weight excluding hydrogens is 232 g/mol. The summed E-state index contributed by atoms with van der Waals surface area (Å²) >= 11 is 0. The maximum absolute atomic E-state index is 6.11. The van der Waals surface area contributed by atoms with Crippen LogP contribution in [0.4, 0.5) is 0 Å². The molecule has 106 valence electrons. The maximum atomic E-state index is 6.11. The van der Waals surface area contributed by atoms with Crippen LogP contribution in [0.2, 0.25) is 0 Å². The van der Waals surface area contributed by atoms with Crippen molar-refractivity contribution < 1.29 is 0 Å². The largest absolute Gasteiger partial charge is 0.330 e. The monoisotopic (exact) mass is 260 g/mol. The minimum absolute atomic E-state index is 0.0809. The molecule has 0 amide bonds. The molecule has 1 aliphatic carbocycles. The molecule has 0 bridgehead atoms. The van der Waals surface area contributed by atoms with Gasteiger partial charge in [0.25, 0.3) is 0 Å². The molecule has 0 heterocycles. The minimum atomic E-state index is 0.0809. The summed E-state index contributed by atoms with van der Waals surface area (Å²) in [5, 5.41) is 0. The predicted octanol–water partition coefficient (Wildman–Crippen LogP) is 3.17. The van der Waals surface area contributed by atoms with Crippen LogP contribution in [0.3, 0.4) is 0 Å². The molecule has 1 aromatic rings. The van der Waals surface area contributed by atoms with Gasteiger partial charge in [0.05, 0.1) is 0 Å². The van der Waals surface area contributed by atoms with E-state index in [-0.39, 0.29) is 5.41 Å². The zero-order chi connectivity index (χ0) is 13.7. The fourth-order valence-electron chi connectivity index (χ4n) is 2.75. The Kier molecular flexibility index (Phi) is 5.00. The first-order chi connectivity index (χ1) is 9.19. The number of unbranched alkanes of at least 4 members (excludes halogenated alkanes) is 1. The van der Waals surface area contributed by atoms with Crippen molar-refractivity contribution >= 4 is 0 Å². The standard InChI is InChI=1S/C17H28N2/c1-3-4-12-19(16-10-11-16)14-17(2,13-18)15-8-6-5-7-9-15/h5-9,16H,3-4,10-14,18H2,1-2H3. The van der Waals surface area contributed by atoms with Crippen LogP contribution >= 0.6 is 0 Å². The number of hydrogen-bond donors (Lipinski definition) is 1. The highest BCUT2D eigenvalue weighted by Gasteiger charge is 2.34. The Hall–Kier alpha value is -0.860. The van der Waals surface area contributed by atoms with Crippen LogP contribution in [0.25, 0.3) is 0 Å². The lowest BCUT2D eigenvalue weighted by Crippen LogP contribution is -2.45. The van der Waals surface area contributed by atoms with E-state index in [4.69, 9.17) is 5.73 Å². The van der Waals surface area contributed by atoms with Crippen molar-refractivity contribution in [2.24, 2.45) is 5.73 Å². The molecule has 1 fully saturated rings. The molecule has 1 atom stereocenters. The Balaban J connectivity index is 2.07. The van der Waals surface area contributed by atoms with Crippen molar-refractivity contribution in [2.75, 3.05) is 19.6 Å². The number of rotatable bonds is 8. The third-order valence-corrected chi connectivity index (χ3v) is 4.34. The molecule has 1 aromatic carbocycles. The molecule has 2 nitrogen and oxygen atoms in total.